The van der Waals surface area contributed by atoms with E-state index in [1.807, 2.05) is 11.6 Å². The third-order valence-electron chi connectivity index (χ3n) is 3.67. The summed E-state index contributed by atoms with van der Waals surface area (Å²) in [4.78, 5) is 0. The Morgan fingerprint density at radius 1 is 1.11 bits per heavy atom. The van der Waals surface area contributed by atoms with Crippen molar-refractivity contribution in [3.8, 4) is 0 Å². The van der Waals surface area contributed by atoms with E-state index in [0.29, 0.717) is 6.04 Å². The van der Waals surface area contributed by atoms with Crippen LogP contribution >= 0.6 is 0 Å². The van der Waals surface area contributed by atoms with E-state index >= 15 is 0 Å². The van der Waals surface area contributed by atoms with Crippen LogP contribution < -0.4 is 5.32 Å². The summed E-state index contributed by atoms with van der Waals surface area (Å²) < 4.78 is 1.99. The first-order valence-electron chi connectivity index (χ1n) is 7.84. The van der Waals surface area contributed by atoms with Crippen LogP contribution in [-0.2, 0) is 13.6 Å². The molecule has 0 atom stereocenters. The van der Waals surface area contributed by atoms with Gasteiger partial charge in [-0.15, -0.1) is 10.2 Å². The Bertz CT molecular complexity index is 312. The maximum absolute atomic E-state index is 4.13. The van der Waals surface area contributed by atoms with E-state index in [-0.39, 0.29) is 0 Å². The molecule has 0 aliphatic rings. The second kappa shape index (κ2) is 9.96. The molecule has 0 aromatic carbocycles. The standard InChI is InChI=1S/C15H30N4/c1-4-6-8-10-14(11-9-7-5-2)16-12-15-18-17-13-19(15)3/h13-14,16H,4-12H2,1-3H3. The molecular weight excluding hydrogens is 236 g/mol. The molecule has 0 fully saturated rings. The minimum absolute atomic E-state index is 0.634. The summed E-state index contributed by atoms with van der Waals surface area (Å²) in [6, 6.07) is 0.634. The fourth-order valence-electron chi connectivity index (χ4n) is 2.33. The van der Waals surface area contributed by atoms with Crippen molar-refractivity contribution in [1.29, 1.82) is 0 Å². The number of rotatable bonds is 11. The van der Waals surface area contributed by atoms with Gasteiger partial charge in [-0.1, -0.05) is 52.4 Å². The van der Waals surface area contributed by atoms with Crippen LogP contribution in [0.5, 0.6) is 0 Å². The smallest absolute Gasteiger partial charge is 0.146 e. The summed E-state index contributed by atoms with van der Waals surface area (Å²) in [5, 5.41) is 11.7. The molecule has 19 heavy (non-hydrogen) atoms. The third kappa shape index (κ3) is 6.71. The van der Waals surface area contributed by atoms with E-state index in [1.165, 1.54) is 51.4 Å². The van der Waals surface area contributed by atoms with Crippen molar-refractivity contribution >= 4 is 0 Å². The summed E-state index contributed by atoms with van der Waals surface area (Å²) in [7, 11) is 2.00. The zero-order chi connectivity index (χ0) is 13.9. The van der Waals surface area contributed by atoms with Gasteiger partial charge in [0, 0.05) is 13.1 Å². The zero-order valence-corrected chi connectivity index (χ0v) is 12.9. The van der Waals surface area contributed by atoms with E-state index in [0.717, 1.165) is 12.4 Å². The van der Waals surface area contributed by atoms with E-state index < -0.39 is 0 Å². The van der Waals surface area contributed by atoms with Crippen molar-refractivity contribution in [2.45, 2.75) is 77.8 Å². The Balaban J connectivity index is 2.32. The molecule has 0 spiro atoms. The van der Waals surface area contributed by atoms with Crippen LogP contribution in [0, 0.1) is 0 Å². The molecule has 1 aromatic rings. The third-order valence-corrected chi connectivity index (χ3v) is 3.67. The normalized spacial score (nSPS) is 11.4. The maximum atomic E-state index is 4.13. The van der Waals surface area contributed by atoms with Gasteiger partial charge in [0.2, 0.25) is 0 Å². The highest BCUT2D eigenvalue weighted by atomic mass is 15.3. The lowest BCUT2D eigenvalue weighted by Gasteiger charge is -2.18. The molecule has 0 aliphatic carbocycles. The van der Waals surface area contributed by atoms with Crippen LogP contribution in [0.1, 0.15) is 71.0 Å². The molecular formula is C15H30N4. The first-order valence-corrected chi connectivity index (χ1v) is 7.84. The Hall–Kier alpha value is -0.900. The van der Waals surface area contributed by atoms with Gasteiger partial charge in [-0.05, 0) is 12.8 Å². The lowest BCUT2D eigenvalue weighted by atomic mass is 10.0. The predicted molar refractivity (Wildman–Crippen MR) is 79.9 cm³/mol. The molecule has 4 nitrogen and oxygen atoms in total. The first kappa shape index (κ1) is 16.2. The fraction of sp³-hybridized carbons (Fsp3) is 0.867. The van der Waals surface area contributed by atoms with Crippen molar-refractivity contribution in [2.75, 3.05) is 0 Å². The van der Waals surface area contributed by atoms with E-state index in [9.17, 15) is 0 Å². The van der Waals surface area contributed by atoms with E-state index in [4.69, 9.17) is 0 Å². The molecule has 0 bridgehead atoms. The molecule has 1 rings (SSSR count). The largest absolute Gasteiger partial charge is 0.320 e. The highest BCUT2D eigenvalue weighted by Gasteiger charge is 2.09. The van der Waals surface area contributed by atoms with Gasteiger partial charge in [0.05, 0.1) is 6.54 Å². The Morgan fingerprint density at radius 2 is 1.74 bits per heavy atom. The van der Waals surface area contributed by atoms with Crippen molar-refractivity contribution in [3.05, 3.63) is 12.2 Å². The number of unbranched alkanes of at least 4 members (excludes halogenated alkanes) is 4. The van der Waals surface area contributed by atoms with Crippen LogP contribution in [0.4, 0.5) is 0 Å². The molecule has 0 unspecified atom stereocenters. The summed E-state index contributed by atoms with van der Waals surface area (Å²) in [6.07, 6.45) is 12.3. The highest BCUT2D eigenvalue weighted by Crippen LogP contribution is 2.11. The van der Waals surface area contributed by atoms with E-state index in [1.54, 1.807) is 6.33 Å². The van der Waals surface area contributed by atoms with Gasteiger partial charge >= 0.3 is 0 Å². The second-order valence-corrected chi connectivity index (χ2v) is 5.43. The van der Waals surface area contributed by atoms with Gasteiger partial charge in [0.25, 0.3) is 0 Å². The Labute approximate surface area is 118 Å². The summed E-state index contributed by atoms with van der Waals surface area (Å²) in [5.41, 5.74) is 0. The summed E-state index contributed by atoms with van der Waals surface area (Å²) in [6.45, 7) is 5.36. The number of hydrogen-bond donors (Lipinski definition) is 1. The van der Waals surface area contributed by atoms with Crippen molar-refractivity contribution in [1.82, 2.24) is 20.1 Å². The second-order valence-electron chi connectivity index (χ2n) is 5.43. The van der Waals surface area contributed by atoms with Crippen molar-refractivity contribution < 1.29 is 0 Å². The van der Waals surface area contributed by atoms with Crippen molar-refractivity contribution in [2.24, 2.45) is 7.05 Å². The summed E-state index contributed by atoms with van der Waals surface area (Å²) >= 11 is 0. The molecule has 4 heteroatoms. The minimum Gasteiger partial charge on any atom is -0.320 e. The van der Waals surface area contributed by atoms with Gasteiger partial charge in [-0.3, -0.25) is 0 Å². The van der Waals surface area contributed by atoms with Crippen LogP contribution in [0.2, 0.25) is 0 Å². The highest BCUT2D eigenvalue weighted by molar-refractivity contribution is 4.84. The number of aromatic nitrogens is 3. The Morgan fingerprint density at radius 3 is 2.21 bits per heavy atom. The van der Waals surface area contributed by atoms with Gasteiger partial charge in [-0.2, -0.15) is 0 Å². The molecule has 0 saturated heterocycles. The van der Waals surface area contributed by atoms with Crippen LogP contribution in [-0.4, -0.2) is 20.8 Å². The summed E-state index contributed by atoms with van der Waals surface area (Å²) in [5.74, 6) is 1.02. The molecule has 0 aliphatic heterocycles. The Kier molecular flexibility index (Phi) is 8.47. The molecule has 1 aromatic heterocycles. The van der Waals surface area contributed by atoms with Crippen LogP contribution in [0.25, 0.3) is 0 Å². The maximum Gasteiger partial charge on any atom is 0.146 e. The van der Waals surface area contributed by atoms with Crippen LogP contribution in [0.3, 0.4) is 0 Å². The molecule has 110 valence electrons. The van der Waals surface area contributed by atoms with Gasteiger partial charge < -0.3 is 9.88 Å². The zero-order valence-electron chi connectivity index (χ0n) is 12.9. The first-order chi connectivity index (χ1) is 9.27. The number of nitrogens with zero attached hydrogens (tertiary/aromatic N) is 3. The SMILES string of the molecule is CCCCCC(CCCCC)NCc1nncn1C. The average molecular weight is 266 g/mol. The lowest BCUT2D eigenvalue weighted by Crippen LogP contribution is -2.29. The fourth-order valence-corrected chi connectivity index (χ4v) is 2.33. The quantitative estimate of drug-likeness (QED) is 0.624. The average Bonchev–Trinajstić information content (AvgIpc) is 2.81. The number of aryl methyl sites for hydroxylation is 1. The van der Waals surface area contributed by atoms with Gasteiger partial charge in [0.15, 0.2) is 0 Å². The topological polar surface area (TPSA) is 42.7 Å². The van der Waals surface area contributed by atoms with Gasteiger partial charge in [0.1, 0.15) is 12.2 Å². The molecule has 0 saturated carbocycles. The molecule has 1 heterocycles. The lowest BCUT2D eigenvalue weighted by molar-refractivity contribution is 0.411. The molecule has 0 amide bonds. The number of nitrogens with one attached hydrogen (secondary N) is 1. The van der Waals surface area contributed by atoms with Crippen LogP contribution in [0.15, 0.2) is 6.33 Å². The van der Waals surface area contributed by atoms with Crippen molar-refractivity contribution in [3.63, 3.8) is 0 Å². The predicted octanol–water partition coefficient (Wildman–Crippen LogP) is 3.43. The number of hydrogen-bond acceptors (Lipinski definition) is 3. The van der Waals surface area contributed by atoms with Gasteiger partial charge in [-0.25, -0.2) is 0 Å². The van der Waals surface area contributed by atoms with E-state index in [2.05, 4.69) is 29.4 Å². The molecule has 0 radical (unpaired) electrons. The minimum atomic E-state index is 0.634. The monoisotopic (exact) mass is 266 g/mol. The molecule has 1 N–H and O–H groups in total.